The highest BCUT2D eigenvalue weighted by atomic mass is 16.6. The summed E-state index contributed by atoms with van der Waals surface area (Å²) in [6.07, 6.45) is 1.56. The van der Waals surface area contributed by atoms with Gasteiger partial charge in [-0.1, -0.05) is 19.4 Å². The monoisotopic (exact) mass is 409 g/mol. The third kappa shape index (κ3) is 3.52. The van der Waals surface area contributed by atoms with Crippen molar-refractivity contribution in [1.82, 2.24) is 4.90 Å². The molecular weight excluding hydrogens is 382 g/mol. The van der Waals surface area contributed by atoms with Crippen molar-refractivity contribution in [2.24, 2.45) is 0 Å². The van der Waals surface area contributed by atoms with Gasteiger partial charge < -0.3 is 23.9 Å². The molecular formula is C24H27NO5. The lowest BCUT2D eigenvalue weighted by atomic mass is 9.97. The minimum Gasteiger partial charge on any atom is -0.507 e. The van der Waals surface area contributed by atoms with Crippen LogP contribution in [-0.4, -0.2) is 37.3 Å². The molecule has 0 unspecified atom stereocenters. The van der Waals surface area contributed by atoms with E-state index in [2.05, 4.69) is 0 Å². The lowest BCUT2D eigenvalue weighted by molar-refractivity contribution is 0.171. The second-order valence-corrected chi connectivity index (χ2v) is 7.95. The molecule has 0 saturated carbocycles. The van der Waals surface area contributed by atoms with Crippen LogP contribution in [0.3, 0.4) is 0 Å². The number of aromatic hydroxyl groups is 1. The average Bonchev–Trinajstić information content (AvgIpc) is 2.72. The van der Waals surface area contributed by atoms with Gasteiger partial charge >= 0.3 is 0 Å². The molecule has 1 aromatic heterocycles. The maximum atomic E-state index is 13.6. The summed E-state index contributed by atoms with van der Waals surface area (Å²) in [4.78, 5) is 15.5. The summed E-state index contributed by atoms with van der Waals surface area (Å²) in [7, 11) is 3.85. The van der Waals surface area contributed by atoms with E-state index in [-0.39, 0.29) is 11.2 Å². The first-order chi connectivity index (χ1) is 14.4. The van der Waals surface area contributed by atoms with Crippen LogP contribution in [0.5, 0.6) is 17.2 Å². The number of benzene rings is 2. The summed E-state index contributed by atoms with van der Waals surface area (Å²) < 4.78 is 17.4. The van der Waals surface area contributed by atoms with Gasteiger partial charge in [-0.3, -0.25) is 4.79 Å². The number of fused-ring (bicyclic) bond motifs is 2. The first-order valence-electron chi connectivity index (χ1n) is 10.3. The molecule has 3 aromatic rings. The molecule has 2 aromatic carbocycles. The molecule has 4 rings (SSSR count). The third-order valence-electron chi connectivity index (χ3n) is 5.33. The molecule has 0 aliphatic carbocycles. The SMILES string of the molecule is CCCc1cc2c(=O)c(-c3ccc4c(c3)OCCO4)c(C)oc2c(CN(C)C)c1O. The Morgan fingerprint density at radius 2 is 1.83 bits per heavy atom. The van der Waals surface area contributed by atoms with E-state index < -0.39 is 0 Å². The van der Waals surface area contributed by atoms with E-state index in [0.29, 0.717) is 65.5 Å². The molecule has 0 radical (unpaired) electrons. The number of nitrogens with zero attached hydrogens (tertiary/aromatic N) is 1. The Balaban J connectivity index is 1.97. The lowest BCUT2D eigenvalue weighted by Gasteiger charge is -2.20. The molecule has 1 aliphatic heterocycles. The van der Waals surface area contributed by atoms with Crippen LogP contribution >= 0.6 is 0 Å². The van der Waals surface area contributed by atoms with Crippen LogP contribution in [0.4, 0.5) is 0 Å². The Morgan fingerprint density at radius 1 is 1.10 bits per heavy atom. The van der Waals surface area contributed by atoms with Gasteiger partial charge in [0.15, 0.2) is 11.5 Å². The zero-order valence-corrected chi connectivity index (χ0v) is 17.9. The molecule has 158 valence electrons. The number of phenolic OH excluding ortho intramolecular Hbond substituents is 1. The Morgan fingerprint density at radius 3 is 2.53 bits per heavy atom. The van der Waals surface area contributed by atoms with Gasteiger partial charge in [-0.2, -0.15) is 0 Å². The Labute approximate surface area is 175 Å². The smallest absolute Gasteiger partial charge is 0.200 e. The number of hydrogen-bond donors (Lipinski definition) is 1. The molecule has 2 heterocycles. The molecule has 0 atom stereocenters. The van der Waals surface area contributed by atoms with E-state index in [1.807, 2.05) is 44.1 Å². The summed E-state index contributed by atoms with van der Waals surface area (Å²) in [5, 5.41) is 11.3. The highest BCUT2D eigenvalue weighted by Gasteiger charge is 2.22. The van der Waals surface area contributed by atoms with Gasteiger partial charge in [-0.25, -0.2) is 0 Å². The second-order valence-electron chi connectivity index (χ2n) is 7.95. The van der Waals surface area contributed by atoms with Gasteiger partial charge in [0.2, 0.25) is 5.43 Å². The standard InChI is InChI=1S/C24H27NO5/c1-5-6-16-11-17-23(27)21(15-7-8-19-20(12-15)29-10-9-28-19)14(2)30-24(17)18(22(16)26)13-25(3)4/h7-8,11-12,26H,5-6,9-10,13H2,1-4H3. The molecule has 30 heavy (non-hydrogen) atoms. The molecule has 0 spiro atoms. The van der Waals surface area contributed by atoms with Gasteiger partial charge in [0.1, 0.15) is 30.3 Å². The maximum Gasteiger partial charge on any atom is 0.200 e. The fourth-order valence-corrected chi connectivity index (χ4v) is 4.01. The first kappa shape index (κ1) is 20.3. The van der Waals surface area contributed by atoms with Gasteiger partial charge in [0.05, 0.1) is 16.5 Å². The van der Waals surface area contributed by atoms with Crippen LogP contribution in [-0.2, 0) is 13.0 Å². The van der Waals surface area contributed by atoms with Crippen LogP contribution in [0.1, 0.15) is 30.2 Å². The van der Waals surface area contributed by atoms with E-state index in [1.165, 1.54) is 0 Å². The van der Waals surface area contributed by atoms with Crippen molar-refractivity contribution < 1.29 is 19.0 Å². The minimum atomic E-state index is -0.109. The molecule has 1 N–H and O–H groups in total. The minimum absolute atomic E-state index is 0.109. The van der Waals surface area contributed by atoms with Crippen LogP contribution in [0.15, 0.2) is 33.5 Å². The van der Waals surface area contributed by atoms with Crippen molar-refractivity contribution in [2.75, 3.05) is 27.3 Å². The zero-order valence-electron chi connectivity index (χ0n) is 17.9. The lowest BCUT2D eigenvalue weighted by Crippen LogP contribution is -2.16. The normalized spacial score (nSPS) is 13.2. The summed E-state index contributed by atoms with van der Waals surface area (Å²) in [6, 6.07) is 7.28. The van der Waals surface area contributed by atoms with Crippen molar-refractivity contribution >= 4 is 11.0 Å². The Hall–Kier alpha value is -2.99. The van der Waals surface area contributed by atoms with Gasteiger partial charge in [-0.15, -0.1) is 0 Å². The second kappa shape index (κ2) is 8.03. The van der Waals surface area contributed by atoms with Gasteiger partial charge in [-0.05, 0) is 56.8 Å². The van der Waals surface area contributed by atoms with Crippen LogP contribution in [0.2, 0.25) is 0 Å². The average molecular weight is 409 g/mol. The predicted octanol–water partition coefficient (Wildman–Crippen LogP) is 4.26. The summed E-state index contributed by atoms with van der Waals surface area (Å²) in [5.74, 6) is 2.03. The van der Waals surface area contributed by atoms with Gasteiger partial charge in [0.25, 0.3) is 0 Å². The van der Waals surface area contributed by atoms with E-state index >= 15 is 0 Å². The van der Waals surface area contributed by atoms with Crippen LogP contribution < -0.4 is 14.9 Å². The number of ether oxygens (including phenoxy) is 2. The number of rotatable bonds is 5. The maximum absolute atomic E-state index is 13.6. The summed E-state index contributed by atoms with van der Waals surface area (Å²) >= 11 is 0. The van der Waals surface area contributed by atoms with Crippen molar-refractivity contribution in [2.45, 2.75) is 33.2 Å². The topological polar surface area (TPSA) is 72.1 Å². The quantitative estimate of drug-likeness (QED) is 0.679. The number of aryl methyl sites for hydroxylation is 2. The Kier molecular flexibility index (Phi) is 5.43. The van der Waals surface area contributed by atoms with E-state index in [9.17, 15) is 9.90 Å². The van der Waals surface area contributed by atoms with Crippen LogP contribution in [0.25, 0.3) is 22.1 Å². The molecule has 0 saturated heterocycles. The predicted molar refractivity (Wildman–Crippen MR) is 117 cm³/mol. The number of hydrogen-bond acceptors (Lipinski definition) is 6. The van der Waals surface area contributed by atoms with Crippen molar-refractivity contribution in [3.8, 4) is 28.4 Å². The molecule has 0 bridgehead atoms. The molecule has 1 aliphatic rings. The van der Waals surface area contributed by atoms with Crippen molar-refractivity contribution in [3.05, 3.63) is 51.4 Å². The van der Waals surface area contributed by atoms with E-state index in [1.54, 1.807) is 13.0 Å². The highest BCUT2D eigenvalue weighted by molar-refractivity contribution is 5.88. The molecule has 6 nitrogen and oxygen atoms in total. The number of phenols is 1. The first-order valence-corrected chi connectivity index (χ1v) is 10.3. The van der Waals surface area contributed by atoms with Crippen molar-refractivity contribution in [1.29, 1.82) is 0 Å². The molecule has 6 heteroatoms. The van der Waals surface area contributed by atoms with E-state index in [4.69, 9.17) is 13.9 Å². The molecule has 0 amide bonds. The highest BCUT2D eigenvalue weighted by Crippen LogP contribution is 2.37. The van der Waals surface area contributed by atoms with Gasteiger partial charge in [0, 0.05) is 6.54 Å². The zero-order chi connectivity index (χ0) is 21.4. The Bertz CT molecular complexity index is 1160. The largest absolute Gasteiger partial charge is 0.507 e. The van der Waals surface area contributed by atoms with Crippen molar-refractivity contribution in [3.63, 3.8) is 0 Å². The fraction of sp³-hybridized carbons (Fsp3) is 0.375. The third-order valence-corrected chi connectivity index (χ3v) is 5.33. The summed E-state index contributed by atoms with van der Waals surface area (Å²) in [5.41, 5.74) is 2.99. The van der Waals surface area contributed by atoms with Crippen LogP contribution in [0, 0.1) is 6.92 Å². The fourth-order valence-electron chi connectivity index (χ4n) is 4.01. The molecule has 0 fully saturated rings. The van der Waals surface area contributed by atoms with E-state index in [0.717, 1.165) is 17.5 Å². The summed E-state index contributed by atoms with van der Waals surface area (Å²) in [6.45, 7) is 5.31.